The van der Waals surface area contributed by atoms with E-state index in [2.05, 4.69) is 9.72 Å². The molecule has 0 saturated heterocycles. The highest BCUT2D eigenvalue weighted by atomic mass is 32.1. The number of alkyl halides is 2. The summed E-state index contributed by atoms with van der Waals surface area (Å²) in [6.07, 6.45) is 1.45. The summed E-state index contributed by atoms with van der Waals surface area (Å²) in [4.78, 5) is 4.62. The Labute approximate surface area is 111 Å². The van der Waals surface area contributed by atoms with Gasteiger partial charge in [0.15, 0.2) is 0 Å². The normalized spacial score (nSPS) is 10.5. The van der Waals surface area contributed by atoms with Crippen LogP contribution in [0, 0.1) is 11.3 Å². The minimum absolute atomic E-state index is 0.0483. The molecular formula is C12H8F2N2O2S. The third kappa shape index (κ3) is 3.05. The number of nitrogens with zero attached hydrogens (tertiary/aromatic N) is 2. The zero-order valence-corrected chi connectivity index (χ0v) is 10.3. The number of benzene rings is 1. The molecule has 98 valence electrons. The molecule has 0 spiro atoms. The summed E-state index contributed by atoms with van der Waals surface area (Å²) in [5.41, 5.74) is 0.626. The second-order valence-corrected chi connectivity index (χ2v) is 4.61. The van der Waals surface area contributed by atoms with E-state index in [4.69, 9.17) is 10.4 Å². The quantitative estimate of drug-likeness (QED) is 0.936. The third-order valence-corrected chi connectivity index (χ3v) is 3.28. The molecule has 1 heterocycles. The lowest BCUT2D eigenvalue weighted by atomic mass is 10.1. The van der Waals surface area contributed by atoms with E-state index in [0.29, 0.717) is 21.0 Å². The number of aliphatic hydroxyl groups excluding tert-OH is 1. The Kier molecular flexibility index (Phi) is 4.04. The zero-order valence-electron chi connectivity index (χ0n) is 9.51. The first-order valence-corrected chi connectivity index (χ1v) is 6.00. The van der Waals surface area contributed by atoms with E-state index in [1.807, 2.05) is 6.07 Å². The molecule has 1 aromatic carbocycles. The molecule has 0 aliphatic heterocycles. The molecule has 0 bridgehead atoms. The van der Waals surface area contributed by atoms with Gasteiger partial charge in [0.2, 0.25) is 0 Å². The molecule has 0 amide bonds. The molecule has 1 N–H and O–H groups in total. The summed E-state index contributed by atoms with van der Waals surface area (Å²) in [6, 6.07) is 6.05. The van der Waals surface area contributed by atoms with Crippen molar-refractivity contribution < 1.29 is 18.6 Å². The average molecular weight is 282 g/mol. The number of aromatic nitrogens is 1. The molecular weight excluding hydrogens is 274 g/mol. The van der Waals surface area contributed by atoms with Crippen LogP contribution in [-0.2, 0) is 6.61 Å². The number of aliphatic hydroxyl groups is 1. The van der Waals surface area contributed by atoms with Gasteiger partial charge in [-0.15, -0.1) is 11.3 Å². The number of hydrogen-bond acceptors (Lipinski definition) is 5. The van der Waals surface area contributed by atoms with Crippen LogP contribution in [0.3, 0.4) is 0 Å². The number of hydrogen-bond donors (Lipinski definition) is 1. The minimum atomic E-state index is -2.95. The molecule has 0 saturated carbocycles. The van der Waals surface area contributed by atoms with Gasteiger partial charge < -0.3 is 9.84 Å². The molecule has 0 unspecified atom stereocenters. The van der Waals surface area contributed by atoms with Crippen LogP contribution in [-0.4, -0.2) is 16.7 Å². The predicted molar refractivity (Wildman–Crippen MR) is 64.8 cm³/mol. The molecule has 19 heavy (non-hydrogen) atoms. The van der Waals surface area contributed by atoms with E-state index in [9.17, 15) is 8.78 Å². The van der Waals surface area contributed by atoms with Gasteiger partial charge in [0.1, 0.15) is 10.8 Å². The van der Waals surface area contributed by atoms with Crippen molar-refractivity contribution in [3.8, 4) is 22.4 Å². The lowest BCUT2D eigenvalue weighted by molar-refractivity contribution is -0.0494. The first kappa shape index (κ1) is 13.4. The van der Waals surface area contributed by atoms with Gasteiger partial charge in [0.05, 0.1) is 28.7 Å². The maximum absolute atomic E-state index is 12.3. The molecule has 1 aromatic heterocycles. The van der Waals surface area contributed by atoms with Crippen molar-refractivity contribution in [3.63, 3.8) is 0 Å². The fourth-order valence-electron chi connectivity index (χ4n) is 1.47. The summed E-state index contributed by atoms with van der Waals surface area (Å²) in [7, 11) is 0. The maximum Gasteiger partial charge on any atom is 0.387 e. The van der Waals surface area contributed by atoms with Crippen LogP contribution in [0.15, 0.2) is 24.4 Å². The van der Waals surface area contributed by atoms with Gasteiger partial charge in [0.25, 0.3) is 0 Å². The highest BCUT2D eigenvalue weighted by Crippen LogP contribution is 2.34. The highest BCUT2D eigenvalue weighted by molar-refractivity contribution is 7.15. The number of thiazole rings is 1. The van der Waals surface area contributed by atoms with Crippen molar-refractivity contribution in [1.82, 2.24) is 4.98 Å². The number of ether oxygens (including phenoxy) is 1. The summed E-state index contributed by atoms with van der Waals surface area (Å²) < 4.78 is 29.1. The molecule has 2 rings (SSSR count). The van der Waals surface area contributed by atoms with E-state index < -0.39 is 6.61 Å². The van der Waals surface area contributed by atoms with Crippen molar-refractivity contribution in [1.29, 1.82) is 5.26 Å². The van der Waals surface area contributed by atoms with E-state index in [1.165, 1.54) is 24.4 Å². The number of rotatable bonds is 4. The lowest BCUT2D eigenvalue weighted by Gasteiger charge is -2.08. The molecule has 2 aromatic rings. The van der Waals surface area contributed by atoms with Crippen LogP contribution >= 0.6 is 11.3 Å². The first-order valence-electron chi connectivity index (χ1n) is 5.19. The second-order valence-electron chi connectivity index (χ2n) is 3.49. The second kappa shape index (κ2) is 5.73. The SMILES string of the molecule is N#Cc1ccc(OC(F)F)c(-c2ncc(CO)s2)c1. The van der Waals surface area contributed by atoms with Gasteiger partial charge in [-0.3, -0.25) is 0 Å². The van der Waals surface area contributed by atoms with Crippen LogP contribution in [0.5, 0.6) is 5.75 Å². The van der Waals surface area contributed by atoms with Gasteiger partial charge >= 0.3 is 6.61 Å². The van der Waals surface area contributed by atoms with Gasteiger partial charge in [-0.05, 0) is 18.2 Å². The van der Waals surface area contributed by atoms with Crippen molar-refractivity contribution in [2.24, 2.45) is 0 Å². The summed E-state index contributed by atoms with van der Waals surface area (Å²) in [6.45, 7) is -3.13. The Morgan fingerprint density at radius 1 is 1.47 bits per heavy atom. The summed E-state index contributed by atoms with van der Waals surface area (Å²) >= 11 is 1.15. The van der Waals surface area contributed by atoms with Gasteiger partial charge in [-0.2, -0.15) is 14.0 Å². The maximum atomic E-state index is 12.3. The summed E-state index contributed by atoms with van der Waals surface area (Å²) in [5.74, 6) is -0.0483. The monoisotopic (exact) mass is 282 g/mol. The van der Waals surface area contributed by atoms with Crippen molar-refractivity contribution in [3.05, 3.63) is 34.8 Å². The van der Waals surface area contributed by atoms with Gasteiger partial charge in [0, 0.05) is 6.20 Å². The molecule has 0 aliphatic carbocycles. The molecule has 0 fully saturated rings. The number of nitriles is 1. The Bertz CT molecular complexity index is 622. The standard InChI is InChI=1S/C12H8F2N2O2S/c13-12(14)18-10-2-1-7(4-15)3-9(10)11-16-5-8(6-17)19-11/h1-3,5,12,17H,6H2. The van der Waals surface area contributed by atoms with E-state index in [0.717, 1.165) is 11.3 Å². The smallest absolute Gasteiger partial charge is 0.387 e. The minimum Gasteiger partial charge on any atom is -0.434 e. The Morgan fingerprint density at radius 2 is 2.26 bits per heavy atom. The fraction of sp³-hybridized carbons (Fsp3) is 0.167. The largest absolute Gasteiger partial charge is 0.434 e. The van der Waals surface area contributed by atoms with Crippen LogP contribution in [0.25, 0.3) is 10.6 Å². The van der Waals surface area contributed by atoms with Crippen LogP contribution in [0.2, 0.25) is 0 Å². The van der Waals surface area contributed by atoms with E-state index in [-0.39, 0.29) is 12.4 Å². The topological polar surface area (TPSA) is 66.1 Å². The van der Waals surface area contributed by atoms with Crippen LogP contribution < -0.4 is 4.74 Å². The third-order valence-electron chi connectivity index (χ3n) is 2.26. The van der Waals surface area contributed by atoms with Gasteiger partial charge in [-0.25, -0.2) is 4.98 Å². The van der Waals surface area contributed by atoms with E-state index >= 15 is 0 Å². The molecule has 0 radical (unpaired) electrons. The average Bonchev–Trinajstić information content (AvgIpc) is 2.87. The van der Waals surface area contributed by atoms with E-state index in [1.54, 1.807) is 0 Å². The van der Waals surface area contributed by atoms with Crippen LogP contribution in [0.4, 0.5) is 8.78 Å². The predicted octanol–water partition coefficient (Wildman–Crippen LogP) is 2.78. The zero-order chi connectivity index (χ0) is 13.8. The Hall–Kier alpha value is -2.04. The fourth-order valence-corrected chi connectivity index (χ4v) is 2.26. The first-order chi connectivity index (χ1) is 9.13. The van der Waals surface area contributed by atoms with Gasteiger partial charge in [-0.1, -0.05) is 0 Å². The van der Waals surface area contributed by atoms with Crippen LogP contribution in [0.1, 0.15) is 10.4 Å². The molecule has 0 aliphatic rings. The highest BCUT2D eigenvalue weighted by Gasteiger charge is 2.15. The molecule has 4 nitrogen and oxygen atoms in total. The Balaban J connectivity index is 2.48. The molecule has 0 atom stereocenters. The number of halogens is 2. The van der Waals surface area contributed by atoms with Crippen molar-refractivity contribution in [2.75, 3.05) is 0 Å². The van der Waals surface area contributed by atoms with Crippen molar-refractivity contribution in [2.45, 2.75) is 13.2 Å². The van der Waals surface area contributed by atoms with Crippen molar-refractivity contribution >= 4 is 11.3 Å². The summed E-state index contributed by atoms with van der Waals surface area (Å²) in [5, 5.41) is 18.2. The lowest BCUT2D eigenvalue weighted by Crippen LogP contribution is -2.03. The molecule has 7 heteroatoms. The Morgan fingerprint density at radius 3 is 2.84 bits per heavy atom.